The third kappa shape index (κ3) is 4.67. The smallest absolute Gasteiger partial charge is 0.0590 e. The average Bonchev–Trinajstić information content (AvgIpc) is 3.09. The van der Waals surface area contributed by atoms with E-state index in [1.165, 1.54) is 59.2 Å². The van der Waals surface area contributed by atoms with Gasteiger partial charge in [0.2, 0.25) is 0 Å². The zero-order chi connectivity index (χ0) is 28.6. The van der Waals surface area contributed by atoms with Gasteiger partial charge < -0.3 is 4.44 Å². The number of nitrogens with zero attached hydrogens (tertiary/aromatic N) is 1. The third-order valence-corrected chi connectivity index (χ3v) is 13.5. The van der Waals surface area contributed by atoms with Crippen molar-refractivity contribution in [2.45, 2.75) is 0 Å². The van der Waals surface area contributed by atoms with Gasteiger partial charge in [-0.3, -0.25) is 0 Å². The molecule has 0 atom stereocenters. The van der Waals surface area contributed by atoms with Gasteiger partial charge in [-0.2, -0.15) is 0 Å². The molecular weight excluding hydrogens is 556 g/mol. The van der Waals surface area contributed by atoms with Gasteiger partial charge in [0.15, 0.2) is 0 Å². The zero-order valence-corrected chi connectivity index (χ0v) is 25.4. The van der Waals surface area contributed by atoms with Crippen LogP contribution < -0.4 is 25.7 Å². The Balaban J connectivity index is 1.50. The first-order valence-electron chi connectivity index (χ1n) is 14.6. The second kappa shape index (κ2) is 11.3. The highest BCUT2D eigenvalue weighted by Gasteiger charge is 2.33. The summed E-state index contributed by atoms with van der Waals surface area (Å²) < 4.78 is 2.80. The standard InChI is InChI=1S/C40H29NP2/c1-5-16-33(17-6-1)42(34-18-7-2-8-19-34)41(43(35-20-9-3-10-21-35)36-22-11-4-12-23-36)38-29-27-32-25-24-30-14-13-15-31-26-28-37(38)40(32)39(30)31/h1-29H. The number of hydrogen-bond acceptors (Lipinski definition) is 1. The van der Waals surface area contributed by atoms with Crippen LogP contribution >= 0.6 is 16.1 Å². The Morgan fingerprint density at radius 1 is 0.302 bits per heavy atom. The summed E-state index contributed by atoms with van der Waals surface area (Å²) in [4.78, 5) is 0. The number of benzene rings is 8. The van der Waals surface area contributed by atoms with Gasteiger partial charge in [-0.1, -0.05) is 170 Å². The predicted molar refractivity (Wildman–Crippen MR) is 191 cm³/mol. The van der Waals surface area contributed by atoms with E-state index in [-0.39, 0.29) is 0 Å². The largest absolute Gasteiger partial charge is 0.312 e. The maximum absolute atomic E-state index is 2.80. The van der Waals surface area contributed by atoms with Gasteiger partial charge in [-0.05, 0) is 33.0 Å². The maximum atomic E-state index is 2.80. The van der Waals surface area contributed by atoms with Gasteiger partial charge in [-0.15, -0.1) is 0 Å². The summed E-state index contributed by atoms with van der Waals surface area (Å²) in [6.45, 7) is 0. The summed E-state index contributed by atoms with van der Waals surface area (Å²) >= 11 is 0. The van der Waals surface area contributed by atoms with E-state index in [4.69, 9.17) is 0 Å². The van der Waals surface area contributed by atoms with Crippen LogP contribution in [0.25, 0.3) is 32.3 Å². The molecule has 0 aliphatic rings. The van der Waals surface area contributed by atoms with Gasteiger partial charge in [0.05, 0.1) is 21.8 Å². The Morgan fingerprint density at radius 3 is 1.12 bits per heavy atom. The molecule has 0 aliphatic heterocycles. The maximum Gasteiger partial charge on any atom is 0.0590 e. The molecule has 43 heavy (non-hydrogen) atoms. The summed E-state index contributed by atoms with van der Waals surface area (Å²) in [7, 11) is -1.90. The van der Waals surface area contributed by atoms with E-state index in [0.29, 0.717) is 0 Å². The minimum absolute atomic E-state index is 0.949. The van der Waals surface area contributed by atoms with Crippen molar-refractivity contribution >= 4 is 75.4 Å². The Hall–Kier alpha value is -4.54. The number of anilines is 1. The molecule has 8 rings (SSSR count). The zero-order valence-electron chi connectivity index (χ0n) is 23.6. The van der Waals surface area contributed by atoms with Crippen LogP contribution in [-0.2, 0) is 0 Å². The van der Waals surface area contributed by atoms with Crippen molar-refractivity contribution in [1.82, 2.24) is 0 Å². The van der Waals surface area contributed by atoms with Gasteiger partial charge in [0, 0.05) is 26.6 Å². The van der Waals surface area contributed by atoms with Crippen molar-refractivity contribution in [2.75, 3.05) is 4.44 Å². The van der Waals surface area contributed by atoms with Crippen LogP contribution in [0, 0.1) is 0 Å². The van der Waals surface area contributed by atoms with E-state index in [1.54, 1.807) is 0 Å². The molecule has 1 nitrogen and oxygen atoms in total. The highest BCUT2D eigenvalue weighted by molar-refractivity contribution is 7.90. The lowest BCUT2D eigenvalue weighted by molar-refractivity contribution is 1.61. The fourth-order valence-corrected chi connectivity index (χ4v) is 12.2. The Morgan fingerprint density at radius 2 is 0.674 bits per heavy atom. The molecule has 0 unspecified atom stereocenters. The van der Waals surface area contributed by atoms with E-state index >= 15 is 0 Å². The van der Waals surface area contributed by atoms with Crippen LogP contribution in [0.3, 0.4) is 0 Å². The third-order valence-electron chi connectivity index (χ3n) is 8.10. The molecular formula is C40H29NP2. The van der Waals surface area contributed by atoms with Crippen molar-refractivity contribution in [1.29, 1.82) is 0 Å². The lowest BCUT2D eigenvalue weighted by atomic mass is 9.94. The first-order chi connectivity index (χ1) is 21.4. The van der Waals surface area contributed by atoms with E-state index < -0.39 is 16.1 Å². The molecule has 0 heterocycles. The predicted octanol–water partition coefficient (Wildman–Crippen LogP) is 9.49. The fraction of sp³-hybridized carbons (Fsp3) is 0. The molecule has 0 amide bonds. The minimum atomic E-state index is -0.949. The van der Waals surface area contributed by atoms with Crippen molar-refractivity contribution in [3.8, 4) is 0 Å². The summed E-state index contributed by atoms with van der Waals surface area (Å²) in [5.41, 5.74) is 1.28. The SMILES string of the molecule is c1ccc(P(c2ccccc2)N(c2ccc3ccc4cccc5ccc2c3c45)P(c2ccccc2)c2ccccc2)cc1. The highest BCUT2D eigenvalue weighted by atomic mass is 31.2. The fourth-order valence-electron chi connectivity index (χ4n) is 6.21. The Bertz CT molecular complexity index is 1950. The first-order valence-corrected chi connectivity index (χ1v) is 17.2. The van der Waals surface area contributed by atoms with Crippen LogP contribution in [0.5, 0.6) is 0 Å². The summed E-state index contributed by atoms with van der Waals surface area (Å²) in [5.74, 6) is 0. The van der Waals surface area contributed by atoms with Crippen molar-refractivity contribution < 1.29 is 0 Å². The molecule has 0 saturated carbocycles. The monoisotopic (exact) mass is 585 g/mol. The lowest BCUT2D eigenvalue weighted by Gasteiger charge is -2.41. The summed E-state index contributed by atoms with van der Waals surface area (Å²) in [6, 6.07) is 65.1. The minimum Gasteiger partial charge on any atom is -0.312 e. The normalized spacial score (nSPS) is 11.7. The molecule has 8 aromatic rings. The second-order valence-corrected chi connectivity index (χ2v) is 15.1. The van der Waals surface area contributed by atoms with Crippen LogP contribution in [0.4, 0.5) is 5.69 Å². The van der Waals surface area contributed by atoms with Crippen LogP contribution in [0.2, 0.25) is 0 Å². The van der Waals surface area contributed by atoms with E-state index in [1.807, 2.05) is 0 Å². The summed E-state index contributed by atoms with van der Waals surface area (Å²) in [5, 5.41) is 13.3. The van der Waals surface area contributed by atoms with Gasteiger partial charge in [0.25, 0.3) is 0 Å². The molecule has 0 bridgehead atoms. The molecule has 8 aromatic carbocycles. The average molecular weight is 586 g/mol. The molecule has 0 aliphatic carbocycles. The van der Waals surface area contributed by atoms with Crippen LogP contribution in [0.1, 0.15) is 0 Å². The van der Waals surface area contributed by atoms with Crippen molar-refractivity contribution in [2.24, 2.45) is 0 Å². The summed E-state index contributed by atoms with van der Waals surface area (Å²) in [6.07, 6.45) is 0. The molecule has 0 N–H and O–H groups in total. The topological polar surface area (TPSA) is 3.24 Å². The van der Waals surface area contributed by atoms with E-state index in [2.05, 4.69) is 180 Å². The molecule has 204 valence electrons. The molecule has 0 radical (unpaired) electrons. The first kappa shape index (κ1) is 26.1. The Labute approximate surface area is 255 Å². The van der Waals surface area contributed by atoms with E-state index in [0.717, 1.165) is 0 Å². The van der Waals surface area contributed by atoms with Crippen molar-refractivity contribution in [3.63, 3.8) is 0 Å². The molecule has 0 spiro atoms. The molecule has 0 aromatic heterocycles. The molecule has 0 fully saturated rings. The lowest BCUT2D eigenvalue weighted by Crippen LogP contribution is -2.31. The van der Waals surface area contributed by atoms with Gasteiger partial charge >= 0.3 is 0 Å². The van der Waals surface area contributed by atoms with Crippen molar-refractivity contribution in [3.05, 3.63) is 176 Å². The molecule has 0 saturated heterocycles. The van der Waals surface area contributed by atoms with Gasteiger partial charge in [0.1, 0.15) is 0 Å². The highest BCUT2D eigenvalue weighted by Crippen LogP contribution is 2.59. The Kier molecular flexibility index (Phi) is 6.85. The van der Waals surface area contributed by atoms with Gasteiger partial charge in [-0.25, -0.2) is 0 Å². The van der Waals surface area contributed by atoms with E-state index in [9.17, 15) is 0 Å². The number of hydrogen-bond donors (Lipinski definition) is 0. The molecule has 3 heteroatoms. The quantitative estimate of drug-likeness (QED) is 0.133. The van der Waals surface area contributed by atoms with Crippen LogP contribution in [-0.4, -0.2) is 0 Å². The van der Waals surface area contributed by atoms with Crippen LogP contribution in [0.15, 0.2) is 176 Å². The second-order valence-electron chi connectivity index (χ2n) is 10.7. The number of rotatable bonds is 7.